The van der Waals surface area contributed by atoms with Crippen molar-refractivity contribution in [2.75, 3.05) is 19.7 Å². The van der Waals surface area contributed by atoms with E-state index in [0.717, 1.165) is 6.26 Å². The molecule has 2 bridgehead atoms. The van der Waals surface area contributed by atoms with Crippen LogP contribution in [0.1, 0.15) is 62.5 Å². The van der Waals surface area contributed by atoms with Gasteiger partial charge in [-0.3, -0.25) is 33.6 Å². The van der Waals surface area contributed by atoms with Crippen LogP contribution in [0.5, 0.6) is 0 Å². The van der Waals surface area contributed by atoms with Gasteiger partial charge >= 0.3 is 0 Å². The molecule has 224 valence electrons. The van der Waals surface area contributed by atoms with Crippen LogP contribution in [-0.4, -0.2) is 101 Å². The highest BCUT2D eigenvalue weighted by Crippen LogP contribution is 2.24. The van der Waals surface area contributed by atoms with Gasteiger partial charge in [0.2, 0.25) is 35.8 Å². The molecule has 6 atom stereocenters. The fourth-order valence-electron chi connectivity index (χ4n) is 4.69. The largest absolute Gasteiger partial charge is 0.446 e. The van der Waals surface area contributed by atoms with Gasteiger partial charge in [-0.2, -0.15) is 0 Å². The summed E-state index contributed by atoms with van der Waals surface area (Å²) in [4.78, 5) is 94.5. The van der Waals surface area contributed by atoms with Gasteiger partial charge in [0.1, 0.15) is 30.4 Å². The molecule has 6 N–H and O–H groups in total. The molecule has 1 fully saturated rings. The monoisotopic (exact) mass is 577 g/mol. The van der Waals surface area contributed by atoms with Gasteiger partial charge in [-0.05, 0) is 25.7 Å². The number of nitrogens with one attached hydrogen (secondary N) is 5. The van der Waals surface area contributed by atoms with Gasteiger partial charge in [-0.1, -0.05) is 20.3 Å². The van der Waals surface area contributed by atoms with E-state index >= 15 is 0 Å². The fourth-order valence-corrected chi connectivity index (χ4v) is 4.69. The summed E-state index contributed by atoms with van der Waals surface area (Å²) in [5, 5.41) is 21.8. The van der Waals surface area contributed by atoms with E-state index in [4.69, 9.17) is 4.42 Å². The summed E-state index contributed by atoms with van der Waals surface area (Å²) >= 11 is 0. The Labute approximate surface area is 235 Å². The smallest absolute Gasteiger partial charge is 0.290 e. The van der Waals surface area contributed by atoms with Gasteiger partial charge in [-0.15, -0.1) is 0 Å². The van der Waals surface area contributed by atoms with Crippen molar-refractivity contribution >= 4 is 41.7 Å². The van der Waals surface area contributed by atoms with Crippen LogP contribution in [0.25, 0.3) is 0 Å². The number of aliphatic hydroxyl groups excluding tert-OH is 1. The average molecular weight is 578 g/mol. The minimum Gasteiger partial charge on any atom is -0.446 e. The van der Waals surface area contributed by atoms with Crippen molar-refractivity contribution in [2.24, 2.45) is 5.92 Å². The number of hydrogen-bond acceptors (Lipinski definition) is 10. The van der Waals surface area contributed by atoms with Crippen molar-refractivity contribution in [3.63, 3.8) is 0 Å². The van der Waals surface area contributed by atoms with E-state index in [1.807, 2.05) is 6.92 Å². The molecule has 0 radical (unpaired) electrons. The highest BCUT2D eigenvalue weighted by molar-refractivity contribution is 6.38. The molecule has 0 unspecified atom stereocenters. The maximum atomic E-state index is 13.4. The molecule has 1 aromatic rings. The molecule has 2 aliphatic heterocycles. The van der Waals surface area contributed by atoms with Crippen LogP contribution in [0.4, 0.5) is 0 Å². The number of aromatic nitrogens is 1. The molecule has 6 amide bonds. The molecule has 16 heteroatoms. The van der Waals surface area contributed by atoms with E-state index in [0.29, 0.717) is 6.42 Å². The lowest BCUT2D eigenvalue weighted by molar-refractivity contribution is -0.143. The third kappa shape index (κ3) is 7.45. The zero-order chi connectivity index (χ0) is 30.3. The summed E-state index contributed by atoms with van der Waals surface area (Å²) in [6.45, 7) is 4.01. The van der Waals surface area contributed by atoms with Crippen molar-refractivity contribution in [3.05, 3.63) is 17.8 Å². The number of carbonyl (C=O) groups excluding carboxylic acids is 7. The second-order valence-corrected chi connectivity index (χ2v) is 10.1. The van der Waals surface area contributed by atoms with Crippen LogP contribution in [0.2, 0.25) is 0 Å². The molecule has 3 rings (SSSR count). The van der Waals surface area contributed by atoms with Crippen LogP contribution in [0, 0.1) is 5.92 Å². The van der Waals surface area contributed by atoms with Gasteiger partial charge in [-0.25, -0.2) is 4.98 Å². The second-order valence-electron chi connectivity index (χ2n) is 10.1. The van der Waals surface area contributed by atoms with Crippen LogP contribution >= 0.6 is 0 Å². The number of fused-ring (bicyclic) bond motifs is 3. The Kier molecular flexibility index (Phi) is 10.5. The fraction of sp³-hybridized carbons (Fsp3) is 0.600. The molecule has 1 aromatic heterocycles. The molecule has 0 saturated carbocycles. The van der Waals surface area contributed by atoms with Crippen molar-refractivity contribution in [1.82, 2.24) is 36.5 Å². The van der Waals surface area contributed by atoms with E-state index < -0.39 is 78.7 Å². The molecule has 0 aromatic carbocycles. The van der Waals surface area contributed by atoms with Crippen molar-refractivity contribution in [1.29, 1.82) is 0 Å². The quantitative estimate of drug-likeness (QED) is 0.156. The number of ketones is 1. The first-order valence-electron chi connectivity index (χ1n) is 13.3. The maximum absolute atomic E-state index is 13.4. The number of nitrogens with zero attached hydrogens (tertiary/aromatic N) is 2. The first-order chi connectivity index (χ1) is 19.5. The molecular formula is C25H35N7O9. The zero-order valence-corrected chi connectivity index (χ0v) is 23.0. The highest BCUT2D eigenvalue weighted by Gasteiger charge is 2.42. The van der Waals surface area contributed by atoms with E-state index in [-0.39, 0.29) is 43.3 Å². The van der Waals surface area contributed by atoms with Crippen LogP contribution in [0.3, 0.4) is 0 Å². The number of amides is 6. The maximum Gasteiger partial charge on any atom is 0.290 e. The average Bonchev–Trinajstić information content (AvgIpc) is 3.59. The van der Waals surface area contributed by atoms with Gasteiger partial charge in [0.25, 0.3) is 11.8 Å². The van der Waals surface area contributed by atoms with Gasteiger partial charge < -0.3 is 41.0 Å². The molecule has 16 nitrogen and oxygen atoms in total. The molecule has 1 saturated heterocycles. The second kappa shape index (κ2) is 13.8. The molecule has 41 heavy (non-hydrogen) atoms. The van der Waals surface area contributed by atoms with Crippen molar-refractivity contribution in [3.8, 4) is 0 Å². The number of aliphatic hydroxyl groups is 1. The summed E-state index contributed by atoms with van der Waals surface area (Å²) in [5.41, 5.74) is -0.269. The van der Waals surface area contributed by atoms with Crippen molar-refractivity contribution in [2.45, 2.75) is 70.2 Å². The SMILES string of the molecule is CCC[C@@H]1NC(=O)[C@@H]2C[C@H](C)CN2C(=O)[C@@H](NC=O)CNC(=O)[C@@H](CO)NC(=O)c2coc(n2)[C@H](C)NC(=O)C1=O. The first-order valence-corrected chi connectivity index (χ1v) is 13.3. The summed E-state index contributed by atoms with van der Waals surface area (Å²) in [6.07, 6.45) is 2.12. The van der Waals surface area contributed by atoms with E-state index in [1.54, 1.807) is 6.92 Å². The van der Waals surface area contributed by atoms with Gasteiger partial charge in [0, 0.05) is 13.1 Å². The van der Waals surface area contributed by atoms with E-state index in [1.165, 1.54) is 11.8 Å². The van der Waals surface area contributed by atoms with Gasteiger partial charge in [0.05, 0.1) is 12.6 Å². The van der Waals surface area contributed by atoms with E-state index in [9.17, 15) is 38.7 Å². The summed E-state index contributed by atoms with van der Waals surface area (Å²) in [7, 11) is 0. The Balaban J connectivity index is 1.96. The van der Waals surface area contributed by atoms with Crippen LogP contribution < -0.4 is 26.6 Å². The lowest BCUT2D eigenvalue weighted by atomic mass is 10.0. The summed E-state index contributed by atoms with van der Waals surface area (Å²) < 4.78 is 5.26. The zero-order valence-electron chi connectivity index (χ0n) is 23.0. The molecule has 0 spiro atoms. The predicted octanol–water partition coefficient (Wildman–Crippen LogP) is -2.72. The van der Waals surface area contributed by atoms with Crippen molar-refractivity contribution < 1.29 is 43.1 Å². The Morgan fingerprint density at radius 1 is 1.07 bits per heavy atom. The standard InChI is InChI=1S/C25H35N7O9/c1-4-5-14-19(35)23(39)28-13(3)24-31-17(10-41-24)21(37)30-16(9-33)20(36)26-7-15(27-11-34)25(40)32-8-12(2)6-18(32)22(38)29-14/h10-16,18,33H,4-9H2,1-3H3,(H,26,36)(H,27,34)(H,28,39)(H,29,38)(H,30,37)/t12-,13-,14-,15-,16+,18-/m0/s1. The first kappa shape index (κ1) is 31.2. The Bertz CT molecular complexity index is 1190. The highest BCUT2D eigenvalue weighted by atomic mass is 16.3. The lowest BCUT2D eigenvalue weighted by Gasteiger charge is -2.29. The Morgan fingerprint density at radius 3 is 2.46 bits per heavy atom. The summed E-state index contributed by atoms with van der Waals surface area (Å²) in [6, 6.07) is -5.85. The number of hydrogen-bond donors (Lipinski definition) is 6. The molecule has 3 heterocycles. The molecule has 2 aliphatic rings. The number of rotatable bonds is 5. The third-order valence-electron chi connectivity index (χ3n) is 6.85. The predicted molar refractivity (Wildman–Crippen MR) is 139 cm³/mol. The number of Topliss-reactive ketones (excluding diaryl/α,β-unsaturated/α-hetero) is 1. The Hall–Kier alpha value is -4.34. The minimum atomic E-state index is -1.45. The number of oxazole rings is 1. The van der Waals surface area contributed by atoms with E-state index in [2.05, 4.69) is 31.6 Å². The summed E-state index contributed by atoms with van der Waals surface area (Å²) in [5.74, 6) is -5.18. The minimum absolute atomic E-state index is 0.105. The topological polar surface area (TPSA) is 229 Å². The third-order valence-corrected chi connectivity index (χ3v) is 6.85. The lowest BCUT2D eigenvalue weighted by Crippen LogP contribution is -2.58. The van der Waals surface area contributed by atoms with Crippen LogP contribution in [-0.2, 0) is 28.8 Å². The van der Waals surface area contributed by atoms with Crippen LogP contribution in [0.15, 0.2) is 10.7 Å². The molecule has 0 aliphatic carbocycles. The molecular weight excluding hydrogens is 542 g/mol. The van der Waals surface area contributed by atoms with Gasteiger partial charge in [0.15, 0.2) is 5.69 Å². The Morgan fingerprint density at radius 2 is 1.80 bits per heavy atom. The normalized spacial score (nSPS) is 28.6. The number of carbonyl (C=O) groups is 7.